The third-order valence-corrected chi connectivity index (χ3v) is 8.43. The van der Waals surface area contributed by atoms with Crippen LogP contribution in [0.15, 0.2) is 108 Å². The molecule has 7 rings (SSSR count). The molecule has 0 spiro atoms. The topological polar surface area (TPSA) is 25.1 Å². The molecular weight excluding hydrogens is 555 g/mol. The highest BCUT2D eigenvalue weighted by molar-refractivity contribution is 14.1. The summed E-state index contributed by atoms with van der Waals surface area (Å²) >= 11 is 9.22. The highest BCUT2D eigenvalue weighted by Crippen LogP contribution is 2.40. The van der Waals surface area contributed by atoms with Gasteiger partial charge in [0.1, 0.15) is 11.3 Å². The lowest BCUT2D eigenvalue weighted by Gasteiger charge is -2.38. The van der Waals surface area contributed by atoms with Crippen molar-refractivity contribution in [3.8, 4) is 0 Å². The van der Waals surface area contributed by atoms with Crippen LogP contribution in [-0.2, 0) is 0 Å². The Morgan fingerprint density at radius 2 is 0.971 bits per heavy atom. The van der Waals surface area contributed by atoms with Crippen LogP contribution in [0.25, 0.3) is 43.6 Å². The summed E-state index contributed by atoms with van der Waals surface area (Å²) in [6.45, 7) is 0. The number of hydrogen-bond donors (Lipinski definition) is 1. The number of para-hydroxylation sites is 4. The molecule has 2 aromatic heterocycles. The van der Waals surface area contributed by atoms with Crippen LogP contribution < -0.4 is 5.32 Å². The molecule has 0 aliphatic carbocycles. The Balaban J connectivity index is 1.47. The van der Waals surface area contributed by atoms with E-state index in [1.807, 2.05) is 0 Å². The van der Waals surface area contributed by atoms with Gasteiger partial charge in [-0.25, -0.2) is 0 Å². The maximum atomic E-state index is 6.91. The van der Waals surface area contributed by atoms with Gasteiger partial charge in [-0.15, -0.1) is 0 Å². The molecule has 34 heavy (non-hydrogen) atoms. The number of rotatable bonds is 2. The van der Waals surface area contributed by atoms with E-state index in [-0.39, 0.29) is 12.5 Å². The van der Waals surface area contributed by atoms with Gasteiger partial charge in [-0.1, -0.05) is 84.4 Å². The van der Waals surface area contributed by atoms with E-state index >= 15 is 0 Å². The zero-order chi connectivity index (χ0) is 22.8. The molecule has 6 heteroatoms. The molecule has 0 amide bonds. The Labute approximate surface area is 215 Å². The van der Waals surface area contributed by atoms with E-state index in [9.17, 15) is 0 Å². The lowest BCUT2D eigenvalue weighted by atomic mass is 10.2. The maximum absolute atomic E-state index is 6.91. The third kappa shape index (κ3) is 2.87. The fourth-order valence-corrected chi connectivity index (χ4v) is 6.16. The molecule has 0 radical (unpaired) electrons. The van der Waals surface area contributed by atoms with Gasteiger partial charge in [0.2, 0.25) is 0 Å². The number of nitrogens with zero attached hydrogens (tertiary/aromatic N) is 3. The van der Waals surface area contributed by atoms with E-state index in [0.717, 1.165) is 0 Å². The van der Waals surface area contributed by atoms with Gasteiger partial charge in [-0.05, 0) is 30.3 Å². The summed E-state index contributed by atoms with van der Waals surface area (Å²) in [5.41, 5.74) is 4.72. The van der Waals surface area contributed by atoms with E-state index < -0.39 is 0 Å². The van der Waals surface area contributed by atoms with Gasteiger partial charge in [0, 0.05) is 21.5 Å². The number of aromatic nitrogens is 2. The molecule has 0 fully saturated rings. The number of fused-ring (bicyclic) bond motifs is 6. The van der Waals surface area contributed by atoms with Gasteiger partial charge in [0.05, 0.1) is 44.9 Å². The van der Waals surface area contributed by atoms with Gasteiger partial charge in [0.25, 0.3) is 0 Å². The molecule has 6 aromatic rings. The summed E-state index contributed by atoms with van der Waals surface area (Å²) in [6.07, 6.45) is 1.80. The van der Waals surface area contributed by atoms with E-state index in [0.29, 0.717) is 5.16 Å². The summed E-state index contributed by atoms with van der Waals surface area (Å²) in [7, 11) is 0. The van der Waals surface area contributed by atoms with Crippen molar-refractivity contribution in [3.05, 3.63) is 108 Å². The largest absolute Gasteiger partial charge is 0.320 e. The minimum atomic E-state index is -0.173. The predicted octanol–water partition coefficient (Wildman–Crippen LogP) is 7.89. The molecule has 3 heterocycles. The standard InChI is InChI=1S/C28H20ClIN4/c29-26-17-27(32-22-13-5-1-9-18(22)19-10-2-6-14-23(19)32)31-28(34(26)30)33-24-15-7-3-11-20(24)21-12-4-8-16-25(21)33/h1-17,27-28,31H. The van der Waals surface area contributed by atoms with Gasteiger partial charge in [-0.3, -0.25) is 8.43 Å². The molecule has 2 atom stereocenters. The Kier molecular flexibility index (Phi) is 4.65. The van der Waals surface area contributed by atoms with Crippen molar-refractivity contribution >= 4 is 78.1 Å². The van der Waals surface area contributed by atoms with Crippen LogP contribution in [0.1, 0.15) is 12.5 Å². The SMILES string of the molecule is ClC1=CC(n2c3ccccc3c3ccccc32)NC(n2c3ccccc3c3ccccc32)N1I. The molecule has 4 aromatic carbocycles. The van der Waals surface area contributed by atoms with Crippen LogP contribution in [0.2, 0.25) is 0 Å². The second kappa shape index (κ2) is 7.77. The molecular formula is C28H20ClIN4. The molecule has 4 nitrogen and oxygen atoms in total. The van der Waals surface area contributed by atoms with Crippen LogP contribution in [-0.4, -0.2) is 12.2 Å². The van der Waals surface area contributed by atoms with E-state index in [1.54, 1.807) is 0 Å². The van der Waals surface area contributed by atoms with E-state index in [2.05, 4.69) is 144 Å². The predicted molar refractivity (Wildman–Crippen MR) is 150 cm³/mol. The average Bonchev–Trinajstić information content (AvgIpc) is 3.39. The summed E-state index contributed by atoms with van der Waals surface area (Å²) in [6, 6.07) is 34.3. The van der Waals surface area contributed by atoms with Crippen LogP contribution in [0.5, 0.6) is 0 Å². The van der Waals surface area contributed by atoms with Gasteiger partial charge in [-0.2, -0.15) is 0 Å². The quantitative estimate of drug-likeness (QED) is 0.129. The third-order valence-electron chi connectivity index (χ3n) is 6.79. The lowest BCUT2D eigenvalue weighted by Crippen LogP contribution is -2.43. The Hall–Kier alpha value is -3.00. The molecule has 2 unspecified atom stereocenters. The Morgan fingerprint density at radius 1 is 0.588 bits per heavy atom. The van der Waals surface area contributed by atoms with Crippen LogP contribution >= 0.6 is 34.5 Å². The van der Waals surface area contributed by atoms with Gasteiger partial charge in [0.15, 0.2) is 6.29 Å². The molecule has 1 aliphatic heterocycles. The van der Waals surface area contributed by atoms with Gasteiger partial charge < -0.3 is 9.13 Å². The smallest absolute Gasteiger partial charge is 0.173 e. The van der Waals surface area contributed by atoms with Crippen LogP contribution in [0.4, 0.5) is 0 Å². The first kappa shape index (κ1) is 20.4. The molecule has 1 aliphatic rings. The van der Waals surface area contributed by atoms with Crippen LogP contribution in [0, 0.1) is 0 Å². The number of halogens is 2. The zero-order valence-corrected chi connectivity index (χ0v) is 21.0. The summed E-state index contributed by atoms with van der Waals surface area (Å²) in [5.74, 6) is 0. The highest BCUT2D eigenvalue weighted by atomic mass is 127. The zero-order valence-electron chi connectivity index (χ0n) is 18.1. The molecule has 1 N–H and O–H groups in total. The van der Waals surface area contributed by atoms with Crippen molar-refractivity contribution in [2.45, 2.75) is 12.5 Å². The minimum absolute atomic E-state index is 0.117. The first-order valence-electron chi connectivity index (χ1n) is 11.3. The van der Waals surface area contributed by atoms with Crippen molar-refractivity contribution in [2.75, 3.05) is 0 Å². The Bertz CT molecular complexity index is 1640. The second-order valence-corrected chi connectivity index (χ2v) is 10.0. The van der Waals surface area contributed by atoms with Crippen molar-refractivity contribution in [1.82, 2.24) is 17.6 Å². The average molecular weight is 575 g/mol. The summed E-state index contributed by atoms with van der Waals surface area (Å²) in [4.78, 5) is 0. The first-order valence-corrected chi connectivity index (χ1v) is 12.6. The van der Waals surface area contributed by atoms with E-state index in [1.165, 1.54) is 43.6 Å². The molecule has 0 bridgehead atoms. The van der Waals surface area contributed by atoms with Gasteiger partial charge >= 0.3 is 0 Å². The fraction of sp³-hybridized carbons (Fsp3) is 0.0714. The second-order valence-electron chi connectivity index (χ2n) is 8.59. The maximum Gasteiger partial charge on any atom is 0.173 e. The minimum Gasteiger partial charge on any atom is -0.320 e. The van der Waals surface area contributed by atoms with Crippen LogP contribution in [0.3, 0.4) is 0 Å². The summed E-state index contributed by atoms with van der Waals surface area (Å²) in [5, 5.41) is 9.57. The fourth-order valence-electron chi connectivity index (χ4n) is 5.38. The molecule has 0 saturated carbocycles. The summed E-state index contributed by atoms with van der Waals surface area (Å²) < 4.78 is 6.79. The lowest BCUT2D eigenvalue weighted by molar-refractivity contribution is 0.235. The van der Waals surface area contributed by atoms with Crippen molar-refractivity contribution in [3.63, 3.8) is 0 Å². The van der Waals surface area contributed by atoms with Crippen molar-refractivity contribution in [2.24, 2.45) is 0 Å². The monoisotopic (exact) mass is 574 g/mol. The van der Waals surface area contributed by atoms with Crippen molar-refractivity contribution < 1.29 is 0 Å². The number of benzene rings is 4. The number of hydrogen-bond acceptors (Lipinski definition) is 2. The number of nitrogens with one attached hydrogen (secondary N) is 1. The highest BCUT2D eigenvalue weighted by Gasteiger charge is 2.32. The molecule has 166 valence electrons. The van der Waals surface area contributed by atoms with E-state index in [4.69, 9.17) is 11.6 Å². The normalized spacial score (nSPS) is 18.9. The molecule has 0 saturated heterocycles. The van der Waals surface area contributed by atoms with Crippen molar-refractivity contribution in [1.29, 1.82) is 0 Å². The Morgan fingerprint density at radius 3 is 1.41 bits per heavy atom. The first-order chi connectivity index (χ1) is 16.7.